The SMILES string of the molecule is CC(C)NCCOCCNC(=S)NC(C)C. The molecule has 0 aromatic carbocycles. The highest BCUT2D eigenvalue weighted by Gasteiger charge is 1.97. The predicted octanol–water partition coefficient (Wildman–Crippen LogP) is 0.874. The molecule has 0 aromatic heterocycles. The average Bonchev–Trinajstić information content (AvgIpc) is 2.14. The van der Waals surface area contributed by atoms with Crippen molar-refractivity contribution in [1.82, 2.24) is 16.0 Å². The minimum atomic E-state index is 0.371. The second-order valence-corrected chi connectivity index (χ2v) is 4.68. The highest BCUT2D eigenvalue weighted by Crippen LogP contribution is 1.79. The van der Waals surface area contributed by atoms with Gasteiger partial charge in [0.2, 0.25) is 0 Å². The Morgan fingerprint density at radius 3 is 2.25 bits per heavy atom. The molecule has 0 radical (unpaired) electrons. The molecule has 0 aromatic rings. The summed E-state index contributed by atoms with van der Waals surface area (Å²) in [5.41, 5.74) is 0. The molecule has 16 heavy (non-hydrogen) atoms. The molecule has 0 saturated heterocycles. The number of hydrogen-bond donors (Lipinski definition) is 3. The van der Waals surface area contributed by atoms with Crippen LogP contribution >= 0.6 is 12.2 Å². The van der Waals surface area contributed by atoms with Crippen molar-refractivity contribution in [3.63, 3.8) is 0 Å². The lowest BCUT2D eigenvalue weighted by Crippen LogP contribution is -2.40. The van der Waals surface area contributed by atoms with Crippen LogP contribution in [0.4, 0.5) is 0 Å². The first-order valence-electron chi connectivity index (χ1n) is 5.88. The van der Waals surface area contributed by atoms with Gasteiger partial charge >= 0.3 is 0 Å². The molecular formula is C11H25N3OS. The maximum Gasteiger partial charge on any atom is 0.166 e. The van der Waals surface area contributed by atoms with E-state index >= 15 is 0 Å². The van der Waals surface area contributed by atoms with Gasteiger partial charge in [-0.3, -0.25) is 0 Å². The first-order valence-corrected chi connectivity index (χ1v) is 6.28. The lowest BCUT2D eigenvalue weighted by atomic mass is 10.4. The summed E-state index contributed by atoms with van der Waals surface area (Å²) in [5.74, 6) is 0. The molecule has 0 saturated carbocycles. The van der Waals surface area contributed by atoms with E-state index in [0.717, 1.165) is 19.7 Å². The van der Waals surface area contributed by atoms with Crippen molar-refractivity contribution < 1.29 is 4.74 Å². The summed E-state index contributed by atoms with van der Waals surface area (Å²) in [6.07, 6.45) is 0. The fourth-order valence-corrected chi connectivity index (χ4v) is 1.41. The van der Waals surface area contributed by atoms with E-state index in [4.69, 9.17) is 17.0 Å². The van der Waals surface area contributed by atoms with Crippen LogP contribution in [0.15, 0.2) is 0 Å². The fraction of sp³-hybridized carbons (Fsp3) is 0.909. The Morgan fingerprint density at radius 1 is 1.06 bits per heavy atom. The van der Waals surface area contributed by atoms with Gasteiger partial charge in [-0.1, -0.05) is 13.8 Å². The van der Waals surface area contributed by atoms with Crippen molar-refractivity contribution in [2.75, 3.05) is 26.3 Å². The molecule has 0 rings (SSSR count). The van der Waals surface area contributed by atoms with Crippen LogP contribution in [-0.2, 0) is 4.74 Å². The lowest BCUT2D eigenvalue weighted by molar-refractivity contribution is 0.139. The van der Waals surface area contributed by atoms with Gasteiger partial charge in [0.25, 0.3) is 0 Å². The summed E-state index contributed by atoms with van der Waals surface area (Å²) < 4.78 is 5.43. The Labute approximate surface area is 105 Å². The van der Waals surface area contributed by atoms with Crippen LogP contribution in [-0.4, -0.2) is 43.5 Å². The van der Waals surface area contributed by atoms with E-state index < -0.39 is 0 Å². The Bertz CT molecular complexity index is 186. The van der Waals surface area contributed by atoms with Crippen LogP contribution in [0.1, 0.15) is 27.7 Å². The van der Waals surface area contributed by atoms with Gasteiger partial charge in [0, 0.05) is 25.2 Å². The number of hydrogen-bond acceptors (Lipinski definition) is 3. The monoisotopic (exact) mass is 247 g/mol. The van der Waals surface area contributed by atoms with E-state index in [1.165, 1.54) is 0 Å². The molecule has 0 atom stereocenters. The zero-order valence-electron chi connectivity index (χ0n) is 10.8. The van der Waals surface area contributed by atoms with Crippen molar-refractivity contribution in [1.29, 1.82) is 0 Å². The lowest BCUT2D eigenvalue weighted by Gasteiger charge is -2.13. The van der Waals surface area contributed by atoms with Crippen LogP contribution in [0.5, 0.6) is 0 Å². The number of ether oxygens (including phenoxy) is 1. The molecule has 0 heterocycles. The third kappa shape index (κ3) is 11.7. The Hall–Kier alpha value is -0.390. The van der Waals surface area contributed by atoms with E-state index in [2.05, 4.69) is 43.6 Å². The summed E-state index contributed by atoms with van der Waals surface area (Å²) in [5, 5.41) is 10.2. The summed E-state index contributed by atoms with van der Waals surface area (Å²) in [6.45, 7) is 11.4. The molecule has 0 aliphatic rings. The molecule has 0 amide bonds. The van der Waals surface area contributed by atoms with E-state index in [-0.39, 0.29) is 0 Å². The van der Waals surface area contributed by atoms with Crippen molar-refractivity contribution in [2.45, 2.75) is 39.8 Å². The normalized spacial score (nSPS) is 10.9. The van der Waals surface area contributed by atoms with E-state index in [9.17, 15) is 0 Å². The highest BCUT2D eigenvalue weighted by atomic mass is 32.1. The maximum absolute atomic E-state index is 5.43. The van der Waals surface area contributed by atoms with Gasteiger partial charge in [-0.05, 0) is 26.1 Å². The largest absolute Gasteiger partial charge is 0.378 e. The zero-order chi connectivity index (χ0) is 12.4. The molecule has 96 valence electrons. The topological polar surface area (TPSA) is 45.3 Å². The fourth-order valence-electron chi connectivity index (χ4n) is 1.07. The highest BCUT2D eigenvalue weighted by molar-refractivity contribution is 7.80. The Kier molecular flexibility index (Phi) is 9.57. The molecule has 3 N–H and O–H groups in total. The van der Waals surface area contributed by atoms with E-state index in [1.807, 2.05) is 0 Å². The van der Waals surface area contributed by atoms with Gasteiger partial charge in [-0.2, -0.15) is 0 Å². The minimum absolute atomic E-state index is 0.371. The Morgan fingerprint density at radius 2 is 1.69 bits per heavy atom. The summed E-state index contributed by atoms with van der Waals surface area (Å²) in [6, 6.07) is 0.890. The van der Waals surface area contributed by atoms with Crippen LogP contribution in [0.2, 0.25) is 0 Å². The first kappa shape index (κ1) is 15.6. The standard InChI is InChI=1S/C11H25N3OS/c1-9(2)12-5-7-15-8-6-13-11(16)14-10(3)4/h9-10,12H,5-8H2,1-4H3,(H2,13,14,16). The molecule has 0 aliphatic heterocycles. The second kappa shape index (κ2) is 9.81. The second-order valence-electron chi connectivity index (χ2n) is 4.28. The molecule has 0 fully saturated rings. The van der Waals surface area contributed by atoms with E-state index in [0.29, 0.717) is 23.8 Å². The zero-order valence-corrected chi connectivity index (χ0v) is 11.6. The van der Waals surface area contributed by atoms with Gasteiger partial charge < -0.3 is 20.7 Å². The van der Waals surface area contributed by atoms with Crippen molar-refractivity contribution in [2.24, 2.45) is 0 Å². The average molecular weight is 247 g/mol. The summed E-state index contributed by atoms with van der Waals surface area (Å²) in [4.78, 5) is 0. The first-order chi connectivity index (χ1) is 7.52. The molecular weight excluding hydrogens is 222 g/mol. The maximum atomic E-state index is 5.43. The van der Waals surface area contributed by atoms with Crippen LogP contribution < -0.4 is 16.0 Å². The number of nitrogens with one attached hydrogen (secondary N) is 3. The van der Waals surface area contributed by atoms with Crippen LogP contribution in [0.25, 0.3) is 0 Å². The van der Waals surface area contributed by atoms with Crippen LogP contribution in [0, 0.1) is 0 Å². The predicted molar refractivity (Wildman–Crippen MR) is 72.8 cm³/mol. The van der Waals surface area contributed by atoms with Gasteiger partial charge in [0.1, 0.15) is 0 Å². The number of thiocarbonyl (C=S) groups is 1. The minimum Gasteiger partial charge on any atom is -0.378 e. The van der Waals surface area contributed by atoms with Gasteiger partial charge in [0.15, 0.2) is 5.11 Å². The molecule has 0 unspecified atom stereocenters. The third-order valence-corrected chi connectivity index (χ3v) is 2.01. The van der Waals surface area contributed by atoms with E-state index in [1.54, 1.807) is 0 Å². The Balaban J connectivity index is 3.18. The molecule has 0 bridgehead atoms. The quantitative estimate of drug-likeness (QED) is 0.439. The smallest absolute Gasteiger partial charge is 0.166 e. The number of rotatable bonds is 8. The van der Waals surface area contributed by atoms with Crippen LogP contribution in [0.3, 0.4) is 0 Å². The van der Waals surface area contributed by atoms with Gasteiger partial charge in [-0.15, -0.1) is 0 Å². The van der Waals surface area contributed by atoms with Crippen molar-refractivity contribution in [3.8, 4) is 0 Å². The molecule has 5 heteroatoms. The molecule has 0 aliphatic carbocycles. The summed E-state index contributed by atoms with van der Waals surface area (Å²) >= 11 is 5.08. The van der Waals surface area contributed by atoms with Gasteiger partial charge in [0.05, 0.1) is 13.2 Å². The van der Waals surface area contributed by atoms with Gasteiger partial charge in [-0.25, -0.2) is 0 Å². The molecule has 4 nitrogen and oxygen atoms in total. The third-order valence-electron chi connectivity index (χ3n) is 1.75. The van der Waals surface area contributed by atoms with Crippen molar-refractivity contribution >= 4 is 17.3 Å². The summed E-state index contributed by atoms with van der Waals surface area (Å²) in [7, 11) is 0. The molecule has 0 spiro atoms. The van der Waals surface area contributed by atoms with Crippen molar-refractivity contribution in [3.05, 3.63) is 0 Å².